The lowest BCUT2D eigenvalue weighted by Gasteiger charge is -2.15. The number of carboxylic acids is 2. The summed E-state index contributed by atoms with van der Waals surface area (Å²) in [5.41, 5.74) is 0.271. The lowest BCUT2D eigenvalue weighted by atomic mass is 10.0. The smallest absolute Gasteiger partial charge is 0.342 e. The zero-order valence-corrected chi connectivity index (χ0v) is 15.3. The van der Waals surface area contributed by atoms with Crippen LogP contribution in [0.3, 0.4) is 0 Å². The molecular weight excluding hydrogens is 356 g/mol. The Hall–Kier alpha value is -3.03. The van der Waals surface area contributed by atoms with E-state index in [1.807, 2.05) is 0 Å². The van der Waals surface area contributed by atoms with Gasteiger partial charge in [-0.05, 0) is 37.8 Å². The van der Waals surface area contributed by atoms with E-state index in [2.05, 4.69) is 0 Å². The quantitative estimate of drug-likeness (QED) is 0.499. The van der Waals surface area contributed by atoms with Gasteiger partial charge in [0.2, 0.25) is 0 Å². The van der Waals surface area contributed by atoms with Crippen LogP contribution in [0, 0.1) is 0 Å². The molecule has 1 atom stereocenters. The van der Waals surface area contributed by atoms with Gasteiger partial charge in [0.05, 0.1) is 13.2 Å². The van der Waals surface area contributed by atoms with Gasteiger partial charge in [0.1, 0.15) is 17.1 Å². The molecule has 0 saturated carbocycles. The number of hydrogen-bond donors (Lipinski definition) is 3. The van der Waals surface area contributed by atoms with Gasteiger partial charge in [-0.2, -0.15) is 0 Å². The second-order valence-electron chi connectivity index (χ2n) is 5.95. The van der Waals surface area contributed by atoms with Crippen LogP contribution in [0.2, 0.25) is 0 Å². The molecule has 0 aromatic heterocycles. The van der Waals surface area contributed by atoms with Crippen molar-refractivity contribution in [2.24, 2.45) is 0 Å². The van der Waals surface area contributed by atoms with Gasteiger partial charge in [-0.1, -0.05) is 12.2 Å². The number of aliphatic carboxylic acids is 2. The number of esters is 1. The van der Waals surface area contributed by atoms with Gasteiger partial charge in [-0.25, -0.2) is 4.79 Å². The SMILES string of the molecule is COc1cc(O)c(C(=O)OC(C)CCCC(=O)O)c(/C=C/CCC(=O)O)c1. The Morgan fingerprint density at radius 3 is 2.41 bits per heavy atom. The van der Waals surface area contributed by atoms with Crippen molar-refractivity contribution in [3.8, 4) is 11.5 Å². The molecule has 0 spiro atoms. The Morgan fingerprint density at radius 2 is 1.81 bits per heavy atom. The van der Waals surface area contributed by atoms with Crippen molar-refractivity contribution < 1.29 is 39.2 Å². The normalized spacial score (nSPS) is 11.9. The first-order valence-electron chi connectivity index (χ1n) is 8.46. The largest absolute Gasteiger partial charge is 0.507 e. The van der Waals surface area contributed by atoms with Gasteiger partial charge in [0.25, 0.3) is 0 Å². The van der Waals surface area contributed by atoms with Crippen LogP contribution < -0.4 is 4.74 Å². The fraction of sp³-hybridized carbons (Fsp3) is 0.421. The van der Waals surface area contributed by atoms with E-state index in [1.165, 1.54) is 25.3 Å². The van der Waals surface area contributed by atoms with Gasteiger partial charge >= 0.3 is 17.9 Å². The molecule has 0 heterocycles. The van der Waals surface area contributed by atoms with Crippen LogP contribution >= 0.6 is 0 Å². The van der Waals surface area contributed by atoms with Crippen molar-refractivity contribution in [1.29, 1.82) is 0 Å². The van der Waals surface area contributed by atoms with E-state index >= 15 is 0 Å². The summed E-state index contributed by atoms with van der Waals surface area (Å²) in [6.07, 6.45) is 3.49. The highest BCUT2D eigenvalue weighted by atomic mass is 16.5. The van der Waals surface area contributed by atoms with E-state index in [1.54, 1.807) is 13.0 Å². The maximum Gasteiger partial charge on any atom is 0.342 e. The predicted molar refractivity (Wildman–Crippen MR) is 96.9 cm³/mol. The van der Waals surface area contributed by atoms with E-state index in [4.69, 9.17) is 19.7 Å². The highest BCUT2D eigenvalue weighted by Crippen LogP contribution is 2.30. The van der Waals surface area contributed by atoms with Crippen molar-refractivity contribution >= 4 is 24.0 Å². The molecule has 0 aliphatic heterocycles. The highest BCUT2D eigenvalue weighted by Gasteiger charge is 2.20. The minimum Gasteiger partial charge on any atom is -0.507 e. The molecular formula is C19H24O8. The molecule has 8 nitrogen and oxygen atoms in total. The van der Waals surface area contributed by atoms with E-state index in [0.29, 0.717) is 24.2 Å². The molecule has 0 saturated heterocycles. The molecule has 148 valence electrons. The van der Waals surface area contributed by atoms with Crippen LogP contribution in [0.25, 0.3) is 6.08 Å². The number of phenolic OH excluding ortho intramolecular Hbond substituents is 1. The second kappa shape index (κ2) is 10.8. The zero-order chi connectivity index (χ0) is 20.4. The molecule has 0 amide bonds. The topological polar surface area (TPSA) is 130 Å². The third-order valence-corrected chi connectivity index (χ3v) is 3.69. The summed E-state index contributed by atoms with van der Waals surface area (Å²) in [4.78, 5) is 33.6. The Kier molecular flexibility index (Phi) is 8.84. The van der Waals surface area contributed by atoms with Gasteiger partial charge in [0.15, 0.2) is 0 Å². The van der Waals surface area contributed by atoms with Gasteiger partial charge in [-0.15, -0.1) is 0 Å². The van der Waals surface area contributed by atoms with Crippen LogP contribution in [0.1, 0.15) is 54.9 Å². The van der Waals surface area contributed by atoms with Gasteiger partial charge in [-0.3, -0.25) is 9.59 Å². The number of carboxylic acid groups (broad SMARTS) is 2. The summed E-state index contributed by atoms with van der Waals surface area (Å²) in [5.74, 6) is -2.61. The maximum atomic E-state index is 12.5. The van der Waals surface area contributed by atoms with Crippen molar-refractivity contribution in [2.75, 3.05) is 7.11 Å². The van der Waals surface area contributed by atoms with Crippen LogP contribution in [0.4, 0.5) is 0 Å². The van der Waals surface area contributed by atoms with E-state index in [0.717, 1.165) is 0 Å². The van der Waals surface area contributed by atoms with Gasteiger partial charge < -0.3 is 24.8 Å². The van der Waals surface area contributed by atoms with Gasteiger partial charge in [0, 0.05) is 18.9 Å². The number of rotatable bonds is 11. The van der Waals surface area contributed by atoms with E-state index in [-0.39, 0.29) is 30.6 Å². The number of aromatic hydroxyl groups is 1. The molecule has 1 rings (SSSR count). The van der Waals surface area contributed by atoms with E-state index < -0.39 is 24.0 Å². The molecule has 1 aromatic rings. The Balaban J connectivity index is 2.94. The monoisotopic (exact) mass is 380 g/mol. The number of phenols is 1. The summed E-state index contributed by atoms with van der Waals surface area (Å²) in [6, 6.07) is 2.81. The van der Waals surface area contributed by atoms with Crippen molar-refractivity contribution in [1.82, 2.24) is 0 Å². The lowest BCUT2D eigenvalue weighted by molar-refractivity contribution is -0.138. The molecule has 0 fully saturated rings. The first kappa shape index (κ1) is 22.0. The first-order valence-corrected chi connectivity index (χ1v) is 8.46. The summed E-state index contributed by atoms with van der Waals surface area (Å²) in [6.45, 7) is 1.64. The van der Waals surface area contributed by atoms with Crippen LogP contribution in [0.15, 0.2) is 18.2 Å². The molecule has 8 heteroatoms. The van der Waals surface area contributed by atoms with Crippen molar-refractivity contribution in [2.45, 2.75) is 45.1 Å². The zero-order valence-electron chi connectivity index (χ0n) is 15.3. The number of methoxy groups -OCH3 is 1. The lowest BCUT2D eigenvalue weighted by Crippen LogP contribution is -2.16. The predicted octanol–water partition coefficient (Wildman–Crippen LogP) is 3.08. The summed E-state index contributed by atoms with van der Waals surface area (Å²) in [5, 5.41) is 27.5. The number of carbonyl (C=O) groups excluding carboxylic acids is 1. The number of carbonyl (C=O) groups is 3. The third kappa shape index (κ3) is 7.81. The Labute approximate surface area is 157 Å². The van der Waals surface area contributed by atoms with Crippen LogP contribution in [-0.2, 0) is 14.3 Å². The maximum absolute atomic E-state index is 12.5. The number of benzene rings is 1. The van der Waals surface area contributed by atoms with Crippen molar-refractivity contribution in [3.63, 3.8) is 0 Å². The minimum absolute atomic E-state index is 0.0206. The highest BCUT2D eigenvalue weighted by molar-refractivity contribution is 5.97. The fourth-order valence-corrected chi connectivity index (χ4v) is 2.35. The molecule has 0 radical (unpaired) electrons. The van der Waals surface area contributed by atoms with Crippen molar-refractivity contribution in [3.05, 3.63) is 29.3 Å². The molecule has 3 N–H and O–H groups in total. The fourth-order valence-electron chi connectivity index (χ4n) is 2.35. The number of hydrogen-bond acceptors (Lipinski definition) is 6. The standard InChI is InChI=1S/C19H24O8/c1-12(6-5-9-17(23)24)27-19(25)18-13(7-3-4-8-16(21)22)10-14(26-2)11-15(18)20/h3,7,10-12,20H,4-6,8-9H2,1-2H3,(H,21,22)(H,23,24)/b7-3+. The van der Waals surface area contributed by atoms with E-state index in [9.17, 15) is 19.5 Å². The average molecular weight is 380 g/mol. The number of allylic oxidation sites excluding steroid dienone is 1. The van der Waals surface area contributed by atoms with Crippen LogP contribution in [0.5, 0.6) is 11.5 Å². The molecule has 1 aromatic carbocycles. The average Bonchev–Trinajstić information content (AvgIpc) is 2.57. The second-order valence-corrected chi connectivity index (χ2v) is 5.95. The third-order valence-electron chi connectivity index (χ3n) is 3.69. The Bertz CT molecular complexity index is 708. The summed E-state index contributed by atoms with van der Waals surface area (Å²) in [7, 11) is 1.41. The minimum atomic E-state index is -0.942. The molecule has 0 aliphatic carbocycles. The molecule has 0 bridgehead atoms. The number of ether oxygens (including phenoxy) is 2. The Morgan fingerprint density at radius 1 is 1.15 bits per heavy atom. The molecule has 0 aliphatic rings. The first-order chi connectivity index (χ1) is 12.7. The summed E-state index contributed by atoms with van der Waals surface area (Å²) >= 11 is 0. The summed E-state index contributed by atoms with van der Waals surface area (Å²) < 4.78 is 10.4. The molecule has 27 heavy (non-hydrogen) atoms. The molecule has 1 unspecified atom stereocenters. The van der Waals surface area contributed by atoms with Crippen LogP contribution in [-0.4, -0.2) is 46.4 Å².